The number of aromatic carboxylic acids is 2. The minimum atomic E-state index is -1.59. The van der Waals surface area contributed by atoms with E-state index in [0.717, 1.165) is 6.07 Å². The molecule has 2 heterocycles. The Kier molecular flexibility index (Phi) is 8.10. The van der Waals surface area contributed by atoms with E-state index >= 15 is 0 Å². The zero-order valence-corrected chi connectivity index (χ0v) is 19.1. The number of hydrogen-bond donors (Lipinski definition) is 4. The number of rotatable bonds is 4. The predicted octanol–water partition coefficient (Wildman–Crippen LogP) is -6.68. The summed E-state index contributed by atoms with van der Waals surface area (Å²) in [5.41, 5.74) is -0.677. The van der Waals surface area contributed by atoms with E-state index in [9.17, 15) is 19.8 Å². The van der Waals surface area contributed by atoms with E-state index in [1.54, 1.807) is 0 Å². The van der Waals surface area contributed by atoms with Crippen molar-refractivity contribution in [3.63, 3.8) is 0 Å². The molecule has 0 amide bonds. The molecular formula is C12H6N6Na2O4S2. The number of carboxylic acid groups (broad SMARTS) is 2. The van der Waals surface area contributed by atoms with Gasteiger partial charge in [0.25, 0.3) is 0 Å². The Balaban J connectivity index is 0.00000169. The van der Waals surface area contributed by atoms with Crippen molar-refractivity contribution in [2.75, 3.05) is 0 Å². The molecule has 0 fully saturated rings. The summed E-state index contributed by atoms with van der Waals surface area (Å²) in [5.74, 6) is -2.98. The molecule has 26 heavy (non-hydrogen) atoms. The van der Waals surface area contributed by atoms with Crippen LogP contribution in [-0.4, -0.2) is 42.3 Å². The summed E-state index contributed by atoms with van der Waals surface area (Å²) in [6, 6.07) is 2.17. The average molecular weight is 408 g/mol. The molecule has 0 aliphatic heterocycles. The zero-order chi connectivity index (χ0) is 17.4. The van der Waals surface area contributed by atoms with Gasteiger partial charge in [-0.2, -0.15) is 9.97 Å². The molecule has 1 aromatic carbocycles. The normalized spacial score (nSPS) is 9.85. The number of carboxylic acids is 2. The zero-order valence-electron chi connectivity index (χ0n) is 13.5. The van der Waals surface area contributed by atoms with Crippen LogP contribution in [0.25, 0.3) is 22.8 Å². The number of carbonyl (C=O) groups is 2. The Hall–Kier alpha value is -1.12. The van der Waals surface area contributed by atoms with Crippen LogP contribution in [0.2, 0.25) is 0 Å². The maximum absolute atomic E-state index is 11.4. The van der Waals surface area contributed by atoms with Gasteiger partial charge in [0, 0.05) is 22.3 Å². The number of nitrogens with one attached hydrogen (secondary N) is 4. The maximum atomic E-state index is 11.4. The first-order valence-electron chi connectivity index (χ1n) is 6.27. The fourth-order valence-electron chi connectivity index (χ4n) is 2.12. The van der Waals surface area contributed by atoms with E-state index < -0.39 is 23.1 Å². The predicted molar refractivity (Wildman–Crippen MR) is 80.6 cm³/mol. The van der Waals surface area contributed by atoms with E-state index in [1.165, 1.54) is 6.07 Å². The summed E-state index contributed by atoms with van der Waals surface area (Å²) < 4.78 is 0.193. The summed E-state index contributed by atoms with van der Waals surface area (Å²) in [7, 11) is 0. The van der Waals surface area contributed by atoms with Gasteiger partial charge in [0.2, 0.25) is 9.54 Å². The second kappa shape index (κ2) is 9.19. The van der Waals surface area contributed by atoms with Crippen LogP contribution >= 0.6 is 24.4 Å². The van der Waals surface area contributed by atoms with Crippen LogP contribution < -0.4 is 69.3 Å². The molecule has 3 rings (SSSR count). The average Bonchev–Trinajstić information content (AvgIpc) is 3.14. The summed E-state index contributed by atoms with van der Waals surface area (Å²) in [6.45, 7) is 0. The van der Waals surface area contributed by atoms with Crippen LogP contribution in [0.1, 0.15) is 20.7 Å². The number of H-pyrrole nitrogens is 4. The monoisotopic (exact) mass is 408 g/mol. The second-order valence-electron chi connectivity index (χ2n) is 4.55. The summed E-state index contributed by atoms with van der Waals surface area (Å²) in [5, 5.41) is 33.0. The van der Waals surface area contributed by atoms with Crippen LogP contribution in [0.5, 0.6) is 0 Å². The Labute approximate surface area is 199 Å². The molecule has 0 atom stereocenters. The summed E-state index contributed by atoms with van der Waals surface area (Å²) >= 11 is 9.67. The van der Waals surface area contributed by atoms with E-state index in [2.05, 4.69) is 30.4 Å². The third-order valence-electron chi connectivity index (χ3n) is 3.11. The molecule has 0 saturated carbocycles. The Morgan fingerprint density at radius 1 is 0.769 bits per heavy atom. The molecule has 14 heteroatoms. The topological polar surface area (TPSA) is 169 Å². The molecule has 0 spiro atoms. The van der Waals surface area contributed by atoms with Crippen molar-refractivity contribution >= 4 is 36.4 Å². The van der Waals surface area contributed by atoms with Gasteiger partial charge in [-0.25, -0.2) is 0 Å². The van der Waals surface area contributed by atoms with Crippen LogP contribution in [0.4, 0.5) is 0 Å². The van der Waals surface area contributed by atoms with E-state index in [-0.39, 0.29) is 91.4 Å². The number of carbonyl (C=O) groups excluding carboxylic acids is 2. The molecule has 0 aliphatic rings. The number of aromatic amines is 4. The van der Waals surface area contributed by atoms with Gasteiger partial charge in [-0.1, -0.05) is 0 Å². The third-order valence-corrected chi connectivity index (χ3v) is 3.50. The van der Waals surface area contributed by atoms with Gasteiger partial charge in [0.1, 0.15) is 0 Å². The summed E-state index contributed by atoms with van der Waals surface area (Å²) in [4.78, 5) is 30.6. The molecule has 0 aliphatic carbocycles. The molecule has 0 bridgehead atoms. The van der Waals surface area contributed by atoms with Crippen molar-refractivity contribution in [3.05, 3.63) is 32.8 Å². The molecule has 0 radical (unpaired) electrons. The van der Waals surface area contributed by atoms with Gasteiger partial charge >= 0.3 is 59.1 Å². The fraction of sp³-hybridized carbons (Fsp3) is 0. The van der Waals surface area contributed by atoms with Crippen LogP contribution in [-0.2, 0) is 0 Å². The molecule has 4 N–H and O–H groups in total. The first kappa shape index (κ1) is 22.9. The third kappa shape index (κ3) is 4.58. The van der Waals surface area contributed by atoms with Gasteiger partial charge in [0.05, 0.1) is 11.9 Å². The minimum Gasteiger partial charge on any atom is -0.545 e. The standard InChI is InChI=1S/C12H8N6O4S2.2Na/c19-9(20)5-2-6(10(21)22)4(8-14-12(24)18-16-8)1-3(5)7-13-11(23)17-15-7;;/h1-2H,(H,19,20)(H,21,22)(H2,13,15,17,23)(H2,14,16,18,24);;/q;2*+1/p-2. The number of nitrogens with zero attached hydrogens (tertiary/aromatic N) is 2. The fourth-order valence-corrected chi connectivity index (χ4v) is 2.41. The molecule has 10 nitrogen and oxygen atoms in total. The second-order valence-corrected chi connectivity index (χ2v) is 5.32. The van der Waals surface area contributed by atoms with Gasteiger partial charge in [-0.05, 0) is 36.6 Å². The van der Waals surface area contributed by atoms with Crippen molar-refractivity contribution < 1.29 is 78.9 Å². The van der Waals surface area contributed by atoms with Crippen molar-refractivity contribution in [1.29, 1.82) is 0 Å². The molecular weight excluding hydrogens is 402 g/mol. The van der Waals surface area contributed by atoms with E-state index in [1.807, 2.05) is 0 Å². The molecule has 0 saturated heterocycles. The Morgan fingerprint density at radius 2 is 1.15 bits per heavy atom. The largest absolute Gasteiger partial charge is 1.00 e. The number of hydrogen-bond acceptors (Lipinski definition) is 8. The quantitative estimate of drug-likeness (QED) is 0.244. The first-order chi connectivity index (χ1) is 11.4. The van der Waals surface area contributed by atoms with Crippen LogP contribution in [0, 0.1) is 9.54 Å². The molecule has 3 aromatic rings. The van der Waals surface area contributed by atoms with E-state index in [4.69, 9.17) is 24.4 Å². The number of benzene rings is 1. The van der Waals surface area contributed by atoms with Gasteiger partial charge < -0.3 is 19.8 Å². The van der Waals surface area contributed by atoms with Gasteiger partial charge in [0.15, 0.2) is 11.6 Å². The molecule has 2 aromatic heterocycles. The van der Waals surface area contributed by atoms with E-state index in [0.29, 0.717) is 0 Å². The Bertz CT molecular complexity index is 1000. The SMILES string of the molecule is O=C([O-])c1cc(C(=O)[O-])c(-c2nc(=S)[nH][nH]2)cc1-c1nc(=S)[nH][nH]1.[Na+].[Na+]. The molecule has 0 unspecified atom stereocenters. The summed E-state index contributed by atoms with van der Waals surface area (Å²) in [6.07, 6.45) is 0. The van der Waals surface area contributed by atoms with Crippen molar-refractivity contribution in [3.8, 4) is 22.8 Å². The van der Waals surface area contributed by atoms with Gasteiger partial charge in [-0.15, -0.1) is 0 Å². The van der Waals surface area contributed by atoms with Crippen molar-refractivity contribution in [2.24, 2.45) is 0 Å². The maximum Gasteiger partial charge on any atom is 1.00 e. The molecule has 122 valence electrons. The smallest absolute Gasteiger partial charge is 0.545 e. The van der Waals surface area contributed by atoms with Crippen molar-refractivity contribution in [1.82, 2.24) is 30.4 Å². The van der Waals surface area contributed by atoms with Crippen molar-refractivity contribution in [2.45, 2.75) is 0 Å². The first-order valence-corrected chi connectivity index (χ1v) is 7.09. The van der Waals surface area contributed by atoms with Gasteiger partial charge in [-0.3, -0.25) is 20.4 Å². The Morgan fingerprint density at radius 3 is 1.42 bits per heavy atom. The number of aromatic nitrogens is 6. The van der Waals surface area contributed by atoms with Crippen LogP contribution in [0.15, 0.2) is 12.1 Å². The minimum absolute atomic E-state index is 0. The van der Waals surface area contributed by atoms with Crippen LogP contribution in [0.3, 0.4) is 0 Å².